The first kappa shape index (κ1) is 14.1. The van der Waals surface area contributed by atoms with Gasteiger partial charge in [-0.2, -0.15) is 0 Å². The molecule has 94 valence electrons. The lowest BCUT2D eigenvalue weighted by Crippen LogP contribution is -2.47. The molecule has 1 aliphatic heterocycles. The Balaban J connectivity index is 0.00000144. The Hall–Kier alpha value is -0.930. The van der Waals surface area contributed by atoms with Crippen molar-refractivity contribution in [2.75, 3.05) is 6.61 Å². The lowest BCUT2D eigenvalue weighted by Gasteiger charge is -2.38. The summed E-state index contributed by atoms with van der Waals surface area (Å²) in [7, 11) is 0. The summed E-state index contributed by atoms with van der Waals surface area (Å²) < 4.78 is 4.99. The summed E-state index contributed by atoms with van der Waals surface area (Å²) in [6, 6.07) is 7.44. The van der Waals surface area contributed by atoms with Crippen LogP contribution in [-0.4, -0.2) is 12.7 Å². The zero-order chi connectivity index (χ0) is 11.8. The number of benzene rings is 1. The van der Waals surface area contributed by atoms with Crippen LogP contribution in [0.5, 0.6) is 0 Å². The average molecular weight is 276 g/mol. The molecule has 1 aromatic carbocycles. The fourth-order valence-corrected chi connectivity index (χ4v) is 2.14. The molecule has 3 nitrogen and oxygen atoms in total. The van der Waals surface area contributed by atoms with E-state index < -0.39 is 0 Å². The second-order valence-corrected chi connectivity index (χ2v) is 5.07. The first-order chi connectivity index (χ1) is 7.50. The van der Waals surface area contributed by atoms with E-state index in [4.69, 9.17) is 16.3 Å². The number of amides is 1. The first-order valence-corrected chi connectivity index (χ1v) is 5.56. The molecule has 0 unspecified atom stereocenters. The molecule has 0 radical (unpaired) electrons. The van der Waals surface area contributed by atoms with Crippen molar-refractivity contribution in [1.82, 2.24) is 5.32 Å². The average Bonchev–Trinajstić information content (AvgIpc) is 2.23. The van der Waals surface area contributed by atoms with Gasteiger partial charge in [-0.3, -0.25) is 0 Å². The number of carbonyl (C=O) groups is 1. The maximum absolute atomic E-state index is 11.3. The van der Waals surface area contributed by atoms with Gasteiger partial charge in [0.25, 0.3) is 0 Å². The summed E-state index contributed by atoms with van der Waals surface area (Å²) in [5.74, 6) is 0. The molecule has 17 heavy (non-hydrogen) atoms. The van der Waals surface area contributed by atoms with E-state index in [9.17, 15) is 4.79 Å². The number of rotatable bonds is 1. The van der Waals surface area contributed by atoms with Gasteiger partial charge in [0.05, 0.1) is 6.04 Å². The van der Waals surface area contributed by atoms with Crippen LogP contribution < -0.4 is 5.32 Å². The summed E-state index contributed by atoms with van der Waals surface area (Å²) in [5.41, 5.74) is 0.768. The molecule has 0 spiro atoms. The van der Waals surface area contributed by atoms with Gasteiger partial charge in [-0.05, 0) is 11.6 Å². The van der Waals surface area contributed by atoms with Crippen LogP contribution in [-0.2, 0) is 4.74 Å². The van der Waals surface area contributed by atoms with Crippen molar-refractivity contribution in [2.45, 2.75) is 19.9 Å². The highest BCUT2D eigenvalue weighted by Gasteiger charge is 2.38. The minimum atomic E-state index is -0.385. The van der Waals surface area contributed by atoms with E-state index in [1.165, 1.54) is 0 Å². The van der Waals surface area contributed by atoms with Gasteiger partial charge in [-0.15, -0.1) is 12.4 Å². The summed E-state index contributed by atoms with van der Waals surface area (Å²) in [6.07, 6.45) is -0.385. The minimum absolute atomic E-state index is 0. The molecular formula is C12H15Cl2NO2. The van der Waals surface area contributed by atoms with E-state index in [2.05, 4.69) is 5.32 Å². The number of halogens is 2. The molecule has 1 aliphatic rings. The second kappa shape index (κ2) is 5.15. The normalized spacial score (nSPS) is 22.1. The predicted molar refractivity (Wildman–Crippen MR) is 69.7 cm³/mol. The highest BCUT2D eigenvalue weighted by Crippen LogP contribution is 2.38. The van der Waals surface area contributed by atoms with E-state index in [1.807, 2.05) is 38.1 Å². The Kier molecular flexibility index (Phi) is 4.28. The first-order valence-electron chi connectivity index (χ1n) is 5.18. The molecule has 0 saturated carbocycles. The van der Waals surface area contributed by atoms with E-state index in [1.54, 1.807) is 0 Å². The second-order valence-electron chi connectivity index (χ2n) is 4.66. The number of cyclic esters (lactones) is 1. The molecule has 1 saturated heterocycles. The molecule has 0 aliphatic carbocycles. The lowest BCUT2D eigenvalue weighted by atomic mass is 9.80. The maximum atomic E-state index is 11.3. The molecule has 1 N–H and O–H groups in total. The number of alkyl carbamates (subject to hydrolysis) is 1. The van der Waals surface area contributed by atoms with Crippen LogP contribution in [0.3, 0.4) is 0 Å². The zero-order valence-corrected chi connectivity index (χ0v) is 11.3. The molecule has 5 heteroatoms. The summed E-state index contributed by atoms with van der Waals surface area (Å²) in [4.78, 5) is 11.3. The Bertz CT molecular complexity index is 421. The van der Waals surface area contributed by atoms with Gasteiger partial charge < -0.3 is 10.1 Å². The van der Waals surface area contributed by atoms with Crippen LogP contribution in [0, 0.1) is 5.41 Å². The van der Waals surface area contributed by atoms with Gasteiger partial charge in [-0.25, -0.2) is 4.79 Å². The minimum Gasteiger partial charge on any atom is -0.449 e. The highest BCUT2D eigenvalue weighted by molar-refractivity contribution is 6.31. The van der Waals surface area contributed by atoms with Gasteiger partial charge in [0.2, 0.25) is 0 Å². The number of ether oxygens (including phenoxy) is 1. The van der Waals surface area contributed by atoms with Crippen molar-refractivity contribution in [3.8, 4) is 0 Å². The van der Waals surface area contributed by atoms with Gasteiger partial charge in [0.1, 0.15) is 6.61 Å². The van der Waals surface area contributed by atoms with E-state index >= 15 is 0 Å². The van der Waals surface area contributed by atoms with Crippen LogP contribution in [0.4, 0.5) is 4.79 Å². The van der Waals surface area contributed by atoms with E-state index in [0.29, 0.717) is 11.6 Å². The van der Waals surface area contributed by atoms with Gasteiger partial charge >= 0.3 is 6.09 Å². The number of hydrogen-bond acceptors (Lipinski definition) is 2. The van der Waals surface area contributed by atoms with Crippen LogP contribution >= 0.6 is 24.0 Å². The Labute approximate surface area is 112 Å². The van der Waals surface area contributed by atoms with Crippen molar-refractivity contribution >= 4 is 30.1 Å². The van der Waals surface area contributed by atoms with Crippen LogP contribution in [0.2, 0.25) is 5.02 Å². The molecule has 1 heterocycles. The summed E-state index contributed by atoms with van der Waals surface area (Å²) in [5, 5.41) is 3.49. The molecule has 1 aromatic rings. The van der Waals surface area contributed by atoms with Crippen molar-refractivity contribution in [3.05, 3.63) is 34.9 Å². The monoisotopic (exact) mass is 275 g/mol. The molecule has 0 bridgehead atoms. The third-order valence-electron chi connectivity index (χ3n) is 2.84. The maximum Gasteiger partial charge on any atom is 0.407 e. The highest BCUT2D eigenvalue weighted by atomic mass is 35.5. The molecule has 2 rings (SSSR count). The fourth-order valence-electron chi connectivity index (χ4n) is 1.90. The fraction of sp³-hybridized carbons (Fsp3) is 0.417. The Morgan fingerprint density at radius 2 is 2.06 bits per heavy atom. The van der Waals surface area contributed by atoms with Gasteiger partial charge in [-0.1, -0.05) is 43.6 Å². The zero-order valence-electron chi connectivity index (χ0n) is 9.70. The van der Waals surface area contributed by atoms with E-state index in [0.717, 1.165) is 5.56 Å². The predicted octanol–water partition coefficient (Wildman–Crippen LogP) is 3.57. The molecule has 0 aromatic heterocycles. The van der Waals surface area contributed by atoms with Gasteiger partial charge in [0.15, 0.2) is 0 Å². The van der Waals surface area contributed by atoms with Crippen LogP contribution in [0.15, 0.2) is 24.3 Å². The number of carbonyl (C=O) groups excluding carboxylic acids is 1. The molecular weight excluding hydrogens is 261 g/mol. The summed E-state index contributed by atoms with van der Waals surface area (Å²) in [6.45, 7) is 4.48. The standard InChI is InChI=1S/C12H14ClNO2.ClH/c1-12(2)7-16-11(15)14-10(12)8-5-3-4-6-9(8)13;/h3-6,10H,7H2,1-2H3,(H,14,15);1H/t10-;/m0./s1. The van der Waals surface area contributed by atoms with E-state index in [-0.39, 0.29) is 30.0 Å². The quantitative estimate of drug-likeness (QED) is 0.851. The molecule has 1 fully saturated rings. The number of nitrogens with one attached hydrogen (secondary N) is 1. The van der Waals surface area contributed by atoms with Gasteiger partial charge in [0, 0.05) is 10.4 Å². The van der Waals surface area contributed by atoms with Crippen LogP contribution in [0.25, 0.3) is 0 Å². The third-order valence-corrected chi connectivity index (χ3v) is 3.18. The largest absolute Gasteiger partial charge is 0.449 e. The van der Waals surface area contributed by atoms with Crippen molar-refractivity contribution in [3.63, 3.8) is 0 Å². The topological polar surface area (TPSA) is 38.3 Å². The van der Waals surface area contributed by atoms with Crippen molar-refractivity contribution in [1.29, 1.82) is 0 Å². The Morgan fingerprint density at radius 3 is 2.71 bits per heavy atom. The SMILES string of the molecule is CC1(C)COC(=O)N[C@H]1c1ccccc1Cl.Cl. The molecule has 1 amide bonds. The smallest absolute Gasteiger partial charge is 0.407 e. The van der Waals surface area contributed by atoms with Crippen molar-refractivity contribution in [2.24, 2.45) is 5.41 Å². The van der Waals surface area contributed by atoms with Crippen LogP contribution in [0.1, 0.15) is 25.5 Å². The molecule has 1 atom stereocenters. The number of hydrogen-bond donors (Lipinski definition) is 1. The summed E-state index contributed by atoms with van der Waals surface area (Å²) >= 11 is 6.14. The van der Waals surface area contributed by atoms with Crippen molar-refractivity contribution < 1.29 is 9.53 Å². The Morgan fingerprint density at radius 1 is 1.41 bits per heavy atom. The lowest BCUT2D eigenvalue weighted by molar-refractivity contribution is 0.0388. The third kappa shape index (κ3) is 2.85.